The molecule has 2 unspecified atom stereocenters. The van der Waals surface area contributed by atoms with Crippen molar-refractivity contribution in [2.75, 3.05) is 6.61 Å². The van der Waals surface area contributed by atoms with Crippen LogP contribution in [0.2, 0.25) is 0 Å². The molecule has 0 aliphatic rings. The molecule has 0 aliphatic heterocycles. The Bertz CT molecular complexity index is 187. The number of aliphatic carboxylic acids is 2. The van der Waals surface area contributed by atoms with E-state index in [0.29, 0.717) is 0 Å². The first-order chi connectivity index (χ1) is 6.79. The minimum absolute atomic E-state index is 0.250. The van der Waals surface area contributed by atoms with Crippen LogP contribution >= 0.6 is 0 Å². The summed E-state index contributed by atoms with van der Waals surface area (Å²) in [5, 5.41) is 41.8. The average molecular weight is 224 g/mol. The summed E-state index contributed by atoms with van der Waals surface area (Å²) < 4.78 is 0. The van der Waals surface area contributed by atoms with Crippen molar-refractivity contribution < 1.29 is 35.1 Å². The van der Waals surface area contributed by atoms with Crippen molar-refractivity contribution in [2.24, 2.45) is 5.92 Å². The molecule has 0 aromatic heterocycles. The molecule has 0 bridgehead atoms. The van der Waals surface area contributed by atoms with Gasteiger partial charge in [-0.1, -0.05) is 0 Å². The van der Waals surface area contributed by atoms with Crippen LogP contribution in [0.25, 0.3) is 0 Å². The quantitative estimate of drug-likeness (QED) is 0.367. The number of hydrogen-bond donors (Lipinski definition) is 5. The minimum Gasteiger partial charge on any atom is -0.481 e. The Morgan fingerprint density at radius 3 is 1.47 bits per heavy atom. The van der Waals surface area contributed by atoms with Crippen LogP contribution in [0, 0.1) is 5.92 Å². The average Bonchev–Trinajstić information content (AvgIpc) is 2.03. The zero-order valence-corrected chi connectivity index (χ0v) is 8.49. The highest BCUT2D eigenvalue weighted by atomic mass is 16.4. The van der Waals surface area contributed by atoms with Gasteiger partial charge in [0.1, 0.15) is 6.10 Å². The lowest BCUT2D eigenvalue weighted by Crippen LogP contribution is -2.41. The van der Waals surface area contributed by atoms with Gasteiger partial charge in [0.2, 0.25) is 0 Å². The van der Waals surface area contributed by atoms with E-state index in [-0.39, 0.29) is 6.61 Å². The molecule has 5 N–H and O–H groups in total. The van der Waals surface area contributed by atoms with Gasteiger partial charge in [0.05, 0.1) is 6.10 Å². The number of carbonyl (C=O) groups is 2. The van der Waals surface area contributed by atoms with E-state index in [9.17, 15) is 9.59 Å². The minimum atomic E-state index is -1.98. The first-order valence-electron chi connectivity index (χ1n) is 4.22. The number of carboxylic acids is 2. The highest BCUT2D eigenvalue weighted by molar-refractivity contribution is 5.93. The Hall–Kier alpha value is -1.18. The van der Waals surface area contributed by atoms with Crippen LogP contribution in [0.4, 0.5) is 0 Å². The van der Waals surface area contributed by atoms with Crippen LogP contribution in [-0.4, -0.2) is 56.3 Å². The molecule has 0 spiro atoms. The zero-order chi connectivity index (χ0) is 12.6. The summed E-state index contributed by atoms with van der Waals surface area (Å²) in [6.07, 6.45) is -3.18. The van der Waals surface area contributed by atoms with Crippen molar-refractivity contribution in [1.29, 1.82) is 0 Å². The molecule has 0 saturated carbocycles. The van der Waals surface area contributed by atoms with Crippen molar-refractivity contribution in [2.45, 2.75) is 26.1 Å². The smallest absolute Gasteiger partial charge is 0.320 e. The molecule has 0 fully saturated rings. The predicted octanol–water partition coefficient (Wildman–Crippen LogP) is -1.49. The lowest BCUT2D eigenvalue weighted by Gasteiger charge is -2.17. The first-order valence-corrected chi connectivity index (χ1v) is 4.22. The summed E-state index contributed by atoms with van der Waals surface area (Å²) in [4.78, 5) is 20.5. The van der Waals surface area contributed by atoms with Gasteiger partial charge >= 0.3 is 11.9 Å². The highest BCUT2D eigenvalue weighted by Gasteiger charge is 2.36. The van der Waals surface area contributed by atoms with Crippen molar-refractivity contribution in [1.82, 2.24) is 0 Å². The number of aliphatic hydroxyl groups is 3. The van der Waals surface area contributed by atoms with Gasteiger partial charge in [0.15, 0.2) is 5.92 Å². The summed E-state index contributed by atoms with van der Waals surface area (Å²) in [5.74, 6) is -5.32. The number of carboxylic acid groups (broad SMARTS) is 2. The van der Waals surface area contributed by atoms with Gasteiger partial charge in [-0.05, 0) is 13.8 Å². The molecule has 0 rings (SSSR count). The van der Waals surface area contributed by atoms with Gasteiger partial charge < -0.3 is 25.5 Å². The van der Waals surface area contributed by atoms with E-state index < -0.39 is 30.1 Å². The fraction of sp³-hybridized carbons (Fsp3) is 0.750. The molecule has 0 aromatic rings. The topological polar surface area (TPSA) is 135 Å². The van der Waals surface area contributed by atoms with E-state index in [2.05, 4.69) is 0 Å². The third kappa shape index (κ3) is 6.83. The Kier molecular flexibility index (Phi) is 8.84. The predicted molar refractivity (Wildman–Crippen MR) is 49.2 cm³/mol. The molecule has 90 valence electrons. The molecule has 7 heteroatoms. The molecule has 0 aliphatic carbocycles. The third-order valence-electron chi connectivity index (χ3n) is 1.37. The summed E-state index contributed by atoms with van der Waals surface area (Å²) in [6, 6.07) is 0. The SMILES string of the molecule is CC(O)C(O)C(C(=O)O)C(=O)O.CCO. The van der Waals surface area contributed by atoms with E-state index in [4.69, 9.17) is 25.5 Å². The monoisotopic (exact) mass is 224 g/mol. The second kappa shape index (κ2) is 8.16. The summed E-state index contributed by atoms with van der Waals surface area (Å²) in [5.41, 5.74) is 0. The van der Waals surface area contributed by atoms with Gasteiger partial charge in [-0.15, -0.1) is 0 Å². The standard InChI is InChI=1S/C6H10O6.C2H6O/c1-2(7)4(8)3(5(9)10)6(11)12;1-2-3/h2-4,7-8H,1H3,(H,9,10)(H,11,12);3H,2H2,1H3. The highest BCUT2D eigenvalue weighted by Crippen LogP contribution is 2.08. The van der Waals surface area contributed by atoms with Crippen molar-refractivity contribution in [3.8, 4) is 0 Å². The summed E-state index contributed by atoms with van der Waals surface area (Å²) >= 11 is 0. The molecule has 15 heavy (non-hydrogen) atoms. The molecular weight excluding hydrogens is 208 g/mol. The molecule has 2 atom stereocenters. The third-order valence-corrected chi connectivity index (χ3v) is 1.37. The maximum absolute atomic E-state index is 10.2. The maximum atomic E-state index is 10.2. The molecule has 0 heterocycles. The van der Waals surface area contributed by atoms with Crippen LogP contribution in [-0.2, 0) is 9.59 Å². The normalized spacial score (nSPS) is 13.7. The van der Waals surface area contributed by atoms with E-state index in [1.807, 2.05) is 0 Å². The second-order valence-corrected chi connectivity index (χ2v) is 2.70. The zero-order valence-electron chi connectivity index (χ0n) is 8.49. The van der Waals surface area contributed by atoms with Gasteiger partial charge in [0.25, 0.3) is 0 Å². The first kappa shape index (κ1) is 16.3. The molecule has 0 radical (unpaired) electrons. The fourth-order valence-corrected chi connectivity index (χ4v) is 0.676. The van der Waals surface area contributed by atoms with E-state index in [1.54, 1.807) is 6.92 Å². The van der Waals surface area contributed by atoms with Crippen molar-refractivity contribution >= 4 is 11.9 Å². The fourth-order valence-electron chi connectivity index (χ4n) is 0.676. The van der Waals surface area contributed by atoms with Crippen molar-refractivity contribution in [3.05, 3.63) is 0 Å². The number of hydrogen-bond acceptors (Lipinski definition) is 5. The molecule has 0 amide bonds. The van der Waals surface area contributed by atoms with E-state index in [1.165, 1.54) is 0 Å². The maximum Gasteiger partial charge on any atom is 0.320 e. The largest absolute Gasteiger partial charge is 0.481 e. The van der Waals surface area contributed by atoms with Crippen LogP contribution < -0.4 is 0 Å². The van der Waals surface area contributed by atoms with Gasteiger partial charge in [0, 0.05) is 6.61 Å². The van der Waals surface area contributed by atoms with Crippen LogP contribution in [0.5, 0.6) is 0 Å². The summed E-state index contributed by atoms with van der Waals surface area (Å²) in [6.45, 7) is 3.05. The van der Waals surface area contributed by atoms with Crippen LogP contribution in [0.15, 0.2) is 0 Å². The van der Waals surface area contributed by atoms with Gasteiger partial charge in [-0.2, -0.15) is 0 Å². The Labute approximate surface area is 86.6 Å². The van der Waals surface area contributed by atoms with Gasteiger partial charge in [-0.3, -0.25) is 9.59 Å². The summed E-state index contributed by atoms with van der Waals surface area (Å²) in [7, 11) is 0. The number of aliphatic hydroxyl groups excluding tert-OH is 3. The molecule has 7 nitrogen and oxygen atoms in total. The Morgan fingerprint density at radius 2 is 1.40 bits per heavy atom. The molecule has 0 saturated heterocycles. The van der Waals surface area contributed by atoms with E-state index in [0.717, 1.165) is 6.92 Å². The number of rotatable bonds is 4. The van der Waals surface area contributed by atoms with Crippen molar-refractivity contribution in [3.63, 3.8) is 0 Å². The Morgan fingerprint density at radius 1 is 1.13 bits per heavy atom. The molecular formula is C8H16O7. The van der Waals surface area contributed by atoms with Crippen LogP contribution in [0.1, 0.15) is 13.8 Å². The van der Waals surface area contributed by atoms with Gasteiger partial charge in [-0.25, -0.2) is 0 Å². The van der Waals surface area contributed by atoms with E-state index >= 15 is 0 Å². The Balaban J connectivity index is 0. The lowest BCUT2D eigenvalue weighted by atomic mass is 9.99. The van der Waals surface area contributed by atoms with Crippen LogP contribution in [0.3, 0.4) is 0 Å². The second-order valence-electron chi connectivity index (χ2n) is 2.70. The molecule has 0 aromatic carbocycles. The lowest BCUT2D eigenvalue weighted by molar-refractivity contribution is -0.163.